The molecule has 2 N–H and O–H groups in total. The molecule has 2 aromatic rings. The lowest BCUT2D eigenvalue weighted by molar-refractivity contribution is 0.236. The van der Waals surface area contributed by atoms with Crippen LogP contribution in [0, 0.1) is 0 Å². The quantitative estimate of drug-likeness (QED) is 0.806. The minimum Gasteiger partial charge on any atom is -0.394 e. The van der Waals surface area contributed by atoms with Crippen molar-refractivity contribution in [2.45, 2.75) is 12.1 Å². The van der Waals surface area contributed by atoms with E-state index < -0.39 is 0 Å². The van der Waals surface area contributed by atoms with Crippen molar-refractivity contribution in [3.8, 4) is 0 Å². The lowest BCUT2D eigenvalue weighted by Gasteiger charge is -2.25. The number of aliphatic hydroxyl groups is 1. The van der Waals surface area contributed by atoms with Crippen molar-refractivity contribution in [2.75, 3.05) is 18.6 Å². The Morgan fingerprint density at radius 1 is 1.00 bits per heavy atom. The molecule has 0 amide bonds. The van der Waals surface area contributed by atoms with Crippen LogP contribution in [0.1, 0.15) is 23.2 Å². The van der Waals surface area contributed by atoms with Crippen LogP contribution in [0.4, 0.5) is 0 Å². The van der Waals surface area contributed by atoms with Gasteiger partial charge >= 0.3 is 0 Å². The van der Waals surface area contributed by atoms with Gasteiger partial charge in [0.1, 0.15) is 0 Å². The van der Waals surface area contributed by atoms with Gasteiger partial charge in [-0.1, -0.05) is 54.1 Å². The van der Waals surface area contributed by atoms with Gasteiger partial charge in [-0.25, -0.2) is 0 Å². The predicted molar refractivity (Wildman–Crippen MR) is 92.0 cm³/mol. The number of hydrogen-bond acceptors (Lipinski definition) is 3. The smallest absolute Gasteiger partial charge is 0.0626 e. The van der Waals surface area contributed by atoms with Gasteiger partial charge in [0.05, 0.1) is 12.6 Å². The average molecular weight is 322 g/mol. The first-order chi connectivity index (χ1) is 10.2. The topological polar surface area (TPSA) is 32.3 Å². The first-order valence-corrected chi connectivity index (χ1v) is 8.68. The fourth-order valence-electron chi connectivity index (χ4n) is 2.28. The Morgan fingerprint density at radius 2 is 1.62 bits per heavy atom. The molecule has 0 radical (unpaired) electrons. The van der Waals surface area contributed by atoms with E-state index in [-0.39, 0.29) is 18.7 Å². The van der Waals surface area contributed by atoms with Crippen molar-refractivity contribution in [2.24, 2.45) is 0 Å². The molecule has 2 unspecified atom stereocenters. The van der Waals surface area contributed by atoms with E-state index in [4.69, 9.17) is 11.6 Å². The Kier molecular flexibility index (Phi) is 6.58. The second-order valence-corrected chi connectivity index (χ2v) is 6.22. The first-order valence-electron chi connectivity index (χ1n) is 6.91. The zero-order valence-electron chi connectivity index (χ0n) is 12.0. The maximum Gasteiger partial charge on any atom is 0.0626 e. The molecule has 0 aliphatic carbocycles. The van der Waals surface area contributed by atoms with E-state index in [1.165, 1.54) is 5.56 Å². The Labute approximate surface area is 135 Å². The molecule has 21 heavy (non-hydrogen) atoms. The van der Waals surface area contributed by atoms with Crippen LogP contribution < -0.4 is 5.32 Å². The van der Waals surface area contributed by atoms with E-state index in [1.54, 1.807) is 11.8 Å². The highest BCUT2D eigenvalue weighted by molar-refractivity contribution is 7.98. The van der Waals surface area contributed by atoms with E-state index >= 15 is 0 Å². The van der Waals surface area contributed by atoms with Crippen molar-refractivity contribution < 1.29 is 5.11 Å². The summed E-state index contributed by atoms with van der Waals surface area (Å²) in [7, 11) is 0. The van der Waals surface area contributed by atoms with E-state index in [1.807, 2.05) is 42.5 Å². The van der Waals surface area contributed by atoms with Crippen molar-refractivity contribution in [3.05, 3.63) is 70.7 Å². The van der Waals surface area contributed by atoms with Crippen LogP contribution in [0.2, 0.25) is 5.02 Å². The van der Waals surface area contributed by atoms with Gasteiger partial charge in [-0.2, -0.15) is 11.8 Å². The second kappa shape index (κ2) is 8.44. The van der Waals surface area contributed by atoms with Crippen molar-refractivity contribution in [3.63, 3.8) is 0 Å². The van der Waals surface area contributed by atoms with Crippen LogP contribution in [0.25, 0.3) is 0 Å². The first kappa shape index (κ1) is 16.4. The molecule has 2 nitrogen and oxygen atoms in total. The fourth-order valence-corrected chi connectivity index (χ4v) is 3.03. The van der Waals surface area contributed by atoms with Crippen molar-refractivity contribution >= 4 is 23.4 Å². The third-order valence-electron chi connectivity index (χ3n) is 3.39. The predicted octanol–water partition coefficient (Wildman–Crippen LogP) is 4.07. The molecule has 0 bridgehead atoms. The molecule has 2 rings (SSSR count). The summed E-state index contributed by atoms with van der Waals surface area (Å²) in [5, 5.41) is 14.0. The van der Waals surface area contributed by atoms with Gasteiger partial charge in [-0.3, -0.25) is 0 Å². The second-order valence-electron chi connectivity index (χ2n) is 4.87. The van der Waals surface area contributed by atoms with E-state index in [0.29, 0.717) is 5.02 Å². The molecular weight excluding hydrogens is 302 g/mol. The molecule has 112 valence electrons. The van der Waals surface area contributed by atoms with Gasteiger partial charge in [0.2, 0.25) is 0 Å². The van der Waals surface area contributed by atoms with Crippen LogP contribution >= 0.6 is 23.4 Å². The highest BCUT2D eigenvalue weighted by Gasteiger charge is 2.17. The number of hydrogen-bond donors (Lipinski definition) is 2. The molecule has 0 aliphatic rings. The average Bonchev–Trinajstić information content (AvgIpc) is 2.53. The molecule has 0 saturated heterocycles. The third kappa shape index (κ3) is 4.75. The van der Waals surface area contributed by atoms with Gasteiger partial charge in [0.25, 0.3) is 0 Å². The van der Waals surface area contributed by atoms with Crippen LogP contribution in [-0.2, 0) is 0 Å². The van der Waals surface area contributed by atoms with Crippen molar-refractivity contribution in [1.29, 1.82) is 0 Å². The van der Waals surface area contributed by atoms with Gasteiger partial charge in [0, 0.05) is 16.8 Å². The largest absolute Gasteiger partial charge is 0.394 e. The summed E-state index contributed by atoms with van der Waals surface area (Å²) in [5.41, 5.74) is 2.28. The fraction of sp³-hybridized carbons (Fsp3) is 0.294. The number of nitrogens with one attached hydrogen (secondary N) is 1. The van der Waals surface area contributed by atoms with Gasteiger partial charge in [-0.05, 0) is 29.5 Å². The van der Waals surface area contributed by atoms with Gasteiger partial charge < -0.3 is 10.4 Å². The van der Waals surface area contributed by atoms with E-state index in [9.17, 15) is 5.11 Å². The molecule has 0 heterocycles. The SMILES string of the molecule is CSCC(NC(CO)c1ccc(Cl)cc1)c1ccccc1. The van der Waals surface area contributed by atoms with Gasteiger partial charge in [0.15, 0.2) is 0 Å². The molecule has 0 saturated carbocycles. The molecular formula is C17H20ClNOS. The zero-order valence-corrected chi connectivity index (χ0v) is 13.6. The van der Waals surface area contributed by atoms with Gasteiger partial charge in [-0.15, -0.1) is 0 Å². The van der Waals surface area contributed by atoms with Crippen LogP contribution in [0.5, 0.6) is 0 Å². The Hall–Kier alpha value is -1.00. The molecule has 4 heteroatoms. The summed E-state index contributed by atoms with van der Waals surface area (Å²) in [6.45, 7) is 0.0549. The molecule has 0 fully saturated rings. The summed E-state index contributed by atoms with van der Waals surface area (Å²) in [6, 6.07) is 18.1. The lowest BCUT2D eigenvalue weighted by Crippen LogP contribution is -2.30. The number of aliphatic hydroxyl groups excluding tert-OH is 1. The Balaban J connectivity index is 2.15. The molecule has 0 aromatic heterocycles. The zero-order chi connectivity index (χ0) is 15.1. The van der Waals surface area contributed by atoms with Crippen LogP contribution in [-0.4, -0.2) is 23.7 Å². The summed E-state index contributed by atoms with van der Waals surface area (Å²) < 4.78 is 0. The maximum atomic E-state index is 9.71. The highest BCUT2D eigenvalue weighted by Crippen LogP contribution is 2.23. The summed E-state index contributed by atoms with van der Waals surface area (Å²) in [4.78, 5) is 0. The number of halogens is 1. The van der Waals surface area contributed by atoms with Crippen molar-refractivity contribution in [1.82, 2.24) is 5.32 Å². The molecule has 0 aliphatic heterocycles. The molecule has 0 spiro atoms. The van der Waals surface area contributed by atoms with E-state index in [2.05, 4.69) is 23.7 Å². The molecule has 2 aromatic carbocycles. The minimum atomic E-state index is -0.0976. The standard InChI is InChI=1S/C17H20ClNOS/c1-21-12-17(13-5-3-2-4-6-13)19-16(11-20)14-7-9-15(18)10-8-14/h2-10,16-17,19-20H,11-12H2,1H3. The third-order valence-corrected chi connectivity index (χ3v) is 4.31. The minimum absolute atomic E-state index is 0.0549. The maximum absolute atomic E-state index is 9.71. The monoisotopic (exact) mass is 321 g/mol. The number of thioether (sulfide) groups is 1. The summed E-state index contributed by atoms with van der Waals surface area (Å²) >= 11 is 7.71. The Morgan fingerprint density at radius 3 is 2.19 bits per heavy atom. The highest BCUT2D eigenvalue weighted by atomic mass is 35.5. The van der Waals surface area contributed by atoms with E-state index in [0.717, 1.165) is 11.3 Å². The van der Waals surface area contributed by atoms with Crippen LogP contribution in [0.3, 0.4) is 0 Å². The van der Waals surface area contributed by atoms with Crippen LogP contribution in [0.15, 0.2) is 54.6 Å². The lowest BCUT2D eigenvalue weighted by atomic mass is 10.0. The molecule has 2 atom stereocenters. The number of benzene rings is 2. The summed E-state index contributed by atoms with van der Waals surface area (Å²) in [5.74, 6) is 0.952. The normalized spacial score (nSPS) is 13.9. The number of rotatable bonds is 7. The Bertz CT molecular complexity index is 532. The summed E-state index contributed by atoms with van der Waals surface area (Å²) in [6.07, 6.45) is 2.09.